The number of hydrogen-bond acceptors (Lipinski definition) is 8. The number of halogens is 2. The number of benzene rings is 1. The first kappa shape index (κ1) is 20.9. The largest absolute Gasteiger partial charge is 0.394 e. The van der Waals surface area contributed by atoms with E-state index < -0.39 is 17.2 Å². The lowest BCUT2D eigenvalue weighted by molar-refractivity contribution is 0.281. The van der Waals surface area contributed by atoms with Crippen LogP contribution in [-0.2, 0) is 5.75 Å². The van der Waals surface area contributed by atoms with Crippen LogP contribution in [0.4, 0.5) is 14.6 Å². The molecular formula is C19H17F2N7O2S. The Balaban J connectivity index is 1.75. The Hall–Kier alpha value is -3.38. The van der Waals surface area contributed by atoms with Gasteiger partial charge in [-0.05, 0) is 13.0 Å². The highest BCUT2D eigenvalue weighted by molar-refractivity contribution is 7.98. The van der Waals surface area contributed by atoms with Gasteiger partial charge in [0.1, 0.15) is 6.33 Å². The lowest BCUT2D eigenvalue weighted by Crippen LogP contribution is -2.22. The smallest absolute Gasteiger partial charge is 0.293 e. The zero-order chi connectivity index (χ0) is 22.0. The minimum atomic E-state index is -0.933. The van der Waals surface area contributed by atoms with Crippen LogP contribution in [0.3, 0.4) is 0 Å². The molecule has 0 fully saturated rings. The van der Waals surface area contributed by atoms with Crippen LogP contribution < -0.4 is 10.9 Å². The van der Waals surface area contributed by atoms with Crippen molar-refractivity contribution in [1.82, 2.24) is 29.5 Å². The minimum absolute atomic E-state index is 0.0782. The first-order valence-electron chi connectivity index (χ1n) is 9.19. The Morgan fingerprint density at radius 1 is 1.29 bits per heavy atom. The van der Waals surface area contributed by atoms with E-state index in [1.807, 2.05) is 0 Å². The van der Waals surface area contributed by atoms with E-state index in [0.717, 1.165) is 17.8 Å². The number of aromatic amines is 1. The third-order valence-electron chi connectivity index (χ3n) is 4.31. The summed E-state index contributed by atoms with van der Waals surface area (Å²) in [7, 11) is 0. The number of aliphatic hydroxyl groups is 1. The Bertz CT molecular complexity index is 1280. The van der Waals surface area contributed by atoms with Crippen molar-refractivity contribution in [3.05, 3.63) is 64.5 Å². The van der Waals surface area contributed by atoms with Crippen molar-refractivity contribution >= 4 is 28.7 Å². The molecule has 0 bridgehead atoms. The molecule has 12 heteroatoms. The average Bonchev–Trinajstić information content (AvgIpc) is 3.28. The Labute approximate surface area is 178 Å². The number of nitrogens with zero attached hydrogens (tertiary/aromatic N) is 5. The van der Waals surface area contributed by atoms with Gasteiger partial charge >= 0.3 is 0 Å². The van der Waals surface area contributed by atoms with Crippen LogP contribution >= 0.6 is 11.8 Å². The summed E-state index contributed by atoms with van der Waals surface area (Å²) >= 11 is 1.07. The van der Waals surface area contributed by atoms with Crippen molar-refractivity contribution in [3.63, 3.8) is 0 Å². The van der Waals surface area contributed by atoms with Crippen LogP contribution in [0.5, 0.6) is 0 Å². The third-order valence-corrected chi connectivity index (χ3v) is 5.21. The highest BCUT2D eigenvalue weighted by Crippen LogP contribution is 2.26. The van der Waals surface area contributed by atoms with Gasteiger partial charge in [0, 0.05) is 29.8 Å². The van der Waals surface area contributed by atoms with Gasteiger partial charge in [0.2, 0.25) is 5.82 Å². The van der Waals surface area contributed by atoms with E-state index in [9.17, 15) is 18.7 Å². The van der Waals surface area contributed by atoms with Gasteiger partial charge in [-0.15, -0.1) is 0 Å². The number of aromatic nitrogens is 6. The zero-order valence-electron chi connectivity index (χ0n) is 16.2. The molecule has 1 aromatic carbocycles. The average molecular weight is 445 g/mol. The van der Waals surface area contributed by atoms with Gasteiger partial charge in [-0.25, -0.2) is 28.7 Å². The number of aliphatic hydroxyl groups excluding tert-OH is 1. The molecule has 0 spiro atoms. The normalized spacial score (nSPS) is 12.3. The number of thioether (sulfide) groups is 1. The van der Waals surface area contributed by atoms with Gasteiger partial charge in [-0.1, -0.05) is 23.9 Å². The number of imidazole rings is 1. The van der Waals surface area contributed by atoms with Crippen molar-refractivity contribution in [2.75, 3.05) is 11.9 Å². The number of rotatable bonds is 7. The highest BCUT2D eigenvalue weighted by atomic mass is 32.2. The fraction of sp³-hybridized carbons (Fsp3) is 0.211. The summed E-state index contributed by atoms with van der Waals surface area (Å²) < 4.78 is 28.9. The summed E-state index contributed by atoms with van der Waals surface area (Å²) in [6.07, 6.45) is 4.52. The molecule has 0 aliphatic rings. The maximum atomic E-state index is 14.0. The van der Waals surface area contributed by atoms with Crippen LogP contribution in [0.2, 0.25) is 0 Å². The summed E-state index contributed by atoms with van der Waals surface area (Å²) in [5, 5.41) is 12.7. The van der Waals surface area contributed by atoms with Crippen molar-refractivity contribution < 1.29 is 13.9 Å². The number of fused-ring (bicyclic) bond motifs is 1. The molecule has 3 aromatic heterocycles. The molecule has 0 amide bonds. The molecule has 0 aliphatic carbocycles. The quantitative estimate of drug-likeness (QED) is 0.293. The topological polar surface area (TPSA) is 122 Å². The van der Waals surface area contributed by atoms with Gasteiger partial charge in [-0.2, -0.15) is 0 Å². The maximum absolute atomic E-state index is 14.0. The van der Waals surface area contributed by atoms with Gasteiger partial charge in [0.05, 0.1) is 6.61 Å². The van der Waals surface area contributed by atoms with Gasteiger partial charge in [0.25, 0.3) is 5.56 Å². The molecule has 4 aromatic rings. The van der Waals surface area contributed by atoms with E-state index in [0.29, 0.717) is 0 Å². The Morgan fingerprint density at radius 3 is 2.87 bits per heavy atom. The van der Waals surface area contributed by atoms with E-state index in [2.05, 4.69) is 30.2 Å². The molecule has 0 aliphatic heterocycles. The predicted octanol–water partition coefficient (Wildman–Crippen LogP) is 2.26. The van der Waals surface area contributed by atoms with E-state index >= 15 is 0 Å². The summed E-state index contributed by atoms with van der Waals surface area (Å²) in [6, 6.07) is 3.58. The molecular weight excluding hydrogens is 428 g/mol. The van der Waals surface area contributed by atoms with Crippen LogP contribution in [0.15, 0.2) is 46.9 Å². The van der Waals surface area contributed by atoms with Crippen LogP contribution in [-0.4, -0.2) is 47.2 Å². The fourth-order valence-electron chi connectivity index (χ4n) is 2.75. The first-order valence-corrected chi connectivity index (χ1v) is 10.2. The molecule has 0 radical (unpaired) electrons. The molecule has 0 saturated heterocycles. The monoisotopic (exact) mass is 445 g/mol. The lowest BCUT2D eigenvalue weighted by atomic mass is 10.2. The molecule has 3 N–H and O–H groups in total. The second kappa shape index (κ2) is 8.78. The number of H-pyrrole nitrogens is 1. The standard InChI is InChI=1S/C19H17F2N7O2S/c1-10(7-29)23-15-14-16(25-18(30)17(24-14)28-6-5-22-9-28)27-19(26-15)31-8-11-3-2-4-12(20)13(11)21/h2-6,9-10,29H,7-8H2,1H3,(H2,23,25,26,27,30). The Morgan fingerprint density at radius 2 is 2.13 bits per heavy atom. The van der Waals surface area contributed by atoms with E-state index in [1.165, 1.54) is 29.2 Å². The molecule has 4 rings (SSSR count). The molecule has 1 unspecified atom stereocenters. The third kappa shape index (κ3) is 4.39. The van der Waals surface area contributed by atoms with Gasteiger partial charge < -0.3 is 15.4 Å². The number of anilines is 1. The maximum Gasteiger partial charge on any atom is 0.293 e. The molecule has 0 saturated carbocycles. The molecule has 1 atom stereocenters. The zero-order valence-corrected chi connectivity index (χ0v) is 17.0. The van der Waals surface area contributed by atoms with Crippen LogP contribution in [0, 0.1) is 11.6 Å². The molecule has 3 heterocycles. The first-order chi connectivity index (χ1) is 15.0. The lowest BCUT2D eigenvalue weighted by Gasteiger charge is -2.14. The highest BCUT2D eigenvalue weighted by Gasteiger charge is 2.17. The van der Waals surface area contributed by atoms with Crippen molar-refractivity contribution in [1.29, 1.82) is 0 Å². The fourth-order valence-corrected chi connectivity index (χ4v) is 3.57. The predicted molar refractivity (Wildman–Crippen MR) is 111 cm³/mol. The number of nitrogens with one attached hydrogen (secondary N) is 2. The summed E-state index contributed by atoms with van der Waals surface area (Å²) in [4.78, 5) is 32.2. The minimum Gasteiger partial charge on any atom is -0.394 e. The SMILES string of the molecule is CC(CO)Nc1nc(SCc2cccc(F)c2F)nc2[nH]c(=O)c(-n3ccnc3)nc12. The van der Waals surface area contributed by atoms with Crippen molar-refractivity contribution in [2.24, 2.45) is 0 Å². The second-order valence-corrected chi connectivity index (χ2v) is 7.58. The molecule has 9 nitrogen and oxygen atoms in total. The molecule has 31 heavy (non-hydrogen) atoms. The van der Waals surface area contributed by atoms with Crippen molar-refractivity contribution in [3.8, 4) is 5.82 Å². The van der Waals surface area contributed by atoms with E-state index in [1.54, 1.807) is 13.1 Å². The summed E-state index contributed by atoms with van der Waals surface area (Å²) in [5.41, 5.74) is 0.120. The van der Waals surface area contributed by atoms with Crippen molar-refractivity contribution in [2.45, 2.75) is 23.9 Å². The number of hydrogen-bond donors (Lipinski definition) is 3. The van der Waals surface area contributed by atoms with E-state index in [4.69, 9.17) is 0 Å². The summed E-state index contributed by atoms with van der Waals surface area (Å²) in [6.45, 7) is 1.57. The van der Waals surface area contributed by atoms with E-state index in [-0.39, 0.29) is 51.9 Å². The van der Waals surface area contributed by atoms with Gasteiger partial charge in [0.15, 0.2) is 33.8 Å². The summed E-state index contributed by atoms with van der Waals surface area (Å²) in [5.74, 6) is -1.42. The van der Waals surface area contributed by atoms with Gasteiger partial charge in [-0.3, -0.25) is 9.36 Å². The second-order valence-electron chi connectivity index (χ2n) is 6.64. The van der Waals surface area contributed by atoms with Crippen LogP contribution in [0.1, 0.15) is 12.5 Å². The van der Waals surface area contributed by atoms with Crippen LogP contribution in [0.25, 0.3) is 17.0 Å². The Kier molecular flexibility index (Phi) is 5.91. The molecule has 160 valence electrons.